The monoisotopic (exact) mass is 454 g/mol. The summed E-state index contributed by atoms with van der Waals surface area (Å²) in [5, 5.41) is 0. The first-order chi connectivity index (χ1) is 16.0. The number of anilines is 1. The van der Waals surface area contributed by atoms with Gasteiger partial charge < -0.3 is 19.1 Å². The number of likely N-dealkylation sites (tertiary alicyclic amines) is 1. The predicted molar refractivity (Wildman–Crippen MR) is 130 cm³/mol. The van der Waals surface area contributed by atoms with Crippen LogP contribution in [0.15, 0.2) is 24.3 Å². The Morgan fingerprint density at radius 2 is 1.70 bits per heavy atom. The van der Waals surface area contributed by atoms with Crippen LogP contribution in [0.5, 0.6) is 0 Å². The molecular weight excluding hydrogens is 416 g/mol. The molecule has 7 nitrogen and oxygen atoms in total. The highest BCUT2D eigenvalue weighted by Gasteiger charge is 2.33. The number of piperidine rings is 2. The molecule has 2 aliphatic heterocycles. The molecule has 2 aromatic rings. The molecule has 2 saturated heterocycles. The third-order valence-electron chi connectivity index (χ3n) is 7.12. The van der Waals surface area contributed by atoms with Gasteiger partial charge in [-0.25, -0.2) is 4.98 Å². The van der Waals surface area contributed by atoms with E-state index in [4.69, 9.17) is 9.72 Å². The predicted octanol–water partition coefficient (Wildman–Crippen LogP) is 4.10. The first-order valence-corrected chi connectivity index (χ1v) is 12.6. The van der Waals surface area contributed by atoms with E-state index in [1.54, 1.807) is 0 Å². The van der Waals surface area contributed by atoms with Crippen molar-refractivity contribution in [3.8, 4) is 0 Å². The van der Waals surface area contributed by atoms with E-state index < -0.39 is 0 Å². The van der Waals surface area contributed by atoms with Crippen molar-refractivity contribution in [2.45, 2.75) is 59.4 Å². The molecule has 33 heavy (non-hydrogen) atoms. The maximum Gasteiger partial charge on any atom is 0.309 e. The van der Waals surface area contributed by atoms with Crippen molar-refractivity contribution in [1.29, 1.82) is 0 Å². The lowest BCUT2D eigenvalue weighted by Gasteiger charge is -2.37. The molecule has 1 aromatic heterocycles. The van der Waals surface area contributed by atoms with Gasteiger partial charge in [0, 0.05) is 38.6 Å². The van der Waals surface area contributed by atoms with Crippen molar-refractivity contribution in [2.24, 2.45) is 17.8 Å². The number of aryl methyl sites for hydroxylation is 1. The molecule has 2 fully saturated rings. The Morgan fingerprint density at radius 3 is 2.36 bits per heavy atom. The van der Waals surface area contributed by atoms with Gasteiger partial charge in [0.25, 0.3) is 0 Å². The number of benzene rings is 1. The number of para-hydroxylation sites is 2. The molecular formula is C26H38N4O3. The Labute approximate surface area is 197 Å². The SMILES string of the molecule is CCOC(=O)C1CCN(C(=O)C2CCN(c3nc4ccccc4n3CCC(C)C)CC2)CC1. The molecule has 0 bridgehead atoms. The lowest BCUT2D eigenvalue weighted by molar-refractivity contribution is -0.151. The Kier molecular flexibility index (Phi) is 7.56. The van der Waals surface area contributed by atoms with E-state index in [1.807, 2.05) is 17.9 Å². The normalized spacial score (nSPS) is 18.3. The average molecular weight is 455 g/mol. The molecule has 180 valence electrons. The molecule has 0 saturated carbocycles. The van der Waals surface area contributed by atoms with Gasteiger partial charge in [-0.1, -0.05) is 26.0 Å². The minimum Gasteiger partial charge on any atom is -0.466 e. The minimum atomic E-state index is -0.113. The standard InChI is InChI=1S/C26H38N4O3/c1-4-33-25(32)21-12-14-28(15-13-21)24(31)20-10-16-29(17-11-20)26-27-22-7-5-6-8-23(22)30(26)18-9-19(2)3/h5-8,19-21H,4,9-18H2,1-3H3. The molecule has 4 rings (SSSR count). The quantitative estimate of drug-likeness (QED) is 0.589. The Hall–Kier alpha value is -2.57. The third kappa shape index (κ3) is 5.33. The zero-order chi connectivity index (χ0) is 23.4. The van der Waals surface area contributed by atoms with Crippen LogP contribution in [0, 0.1) is 17.8 Å². The first-order valence-electron chi connectivity index (χ1n) is 12.6. The van der Waals surface area contributed by atoms with Crippen LogP contribution in [0.3, 0.4) is 0 Å². The largest absolute Gasteiger partial charge is 0.466 e. The van der Waals surface area contributed by atoms with Gasteiger partial charge >= 0.3 is 5.97 Å². The zero-order valence-corrected chi connectivity index (χ0v) is 20.3. The van der Waals surface area contributed by atoms with Crippen molar-refractivity contribution in [2.75, 3.05) is 37.7 Å². The van der Waals surface area contributed by atoms with Gasteiger partial charge in [-0.05, 0) is 57.1 Å². The molecule has 0 spiro atoms. The topological polar surface area (TPSA) is 67.7 Å². The maximum atomic E-state index is 13.2. The number of hydrogen-bond acceptors (Lipinski definition) is 5. The van der Waals surface area contributed by atoms with Crippen molar-refractivity contribution < 1.29 is 14.3 Å². The van der Waals surface area contributed by atoms with Crippen molar-refractivity contribution in [1.82, 2.24) is 14.5 Å². The minimum absolute atomic E-state index is 0.0605. The summed E-state index contributed by atoms with van der Waals surface area (Å²) in [6.45, 7) is 10.7. The number of esters is 1. The number of nitrogens with zero attached hydrogens (tertiary/aromatic N) is 4. The molecule has 7 heteroatoms. The van der Waals surface area contributed by atoms with E-state index >= 15 is 0 Å². The highest BCUT2D eigenvalue weighted by atomic mass is 16.5. The van der Waals surface area contributed by atoms with Gasteiger partial charge in [-0.15, -0.1) is 0 Å². The lowest BCUT2D eigenvalue weighted by atomic mass is 9.92. The molecule has 0 radical (unpaired) electrons. The fourth-order valence-electron chi connectivity index (χ4n) is 5.09. The zero-order valence-electron chi connectivity index (χ0n) is 20.3. The molecule has 0 unspecified atom stereocenters. The second kappa shape index (κ2) is 10.6. The third-order valence-corrected chi connectivity index (χ3v) is 7.12. The summed E-state index contributed by atoms with van der Waals surface area (Å²) in [6, 6.07) is 8.36. The van der Waals surface area contributed by atoms with Gasteiger partial charge in [0.2, 0.25) is 11.9 Å². The Bertz CT molecular complexity index is 954. The summed E-state index contributed by atoms with van der Waals surface area (Å²) in [7, 11) is 0. The summed E-state index contributed by atoms with van der Waals surface area (Å²) in [5.74, 6) is 1.82. The molecule has 0 N–H and O–H groups in total. The van der Waals surface area contributed by atoms with Gasteiger partial charge in [0.1, 0.15) is 0 Å². The number of hydrogen-bond donors (Lipinski definition) is 0. The maximum absolute atomic E-state index is 13.2. The van der Waals surface area contributed by atoms with Crippen LogP contribution in [0.2, 0.25) is 0 Å². The first kappa shape index (κ1) is 23.6. The van der Waals surface area contributed by atoms with Crippen molar-refractivity contribution in [3.05, 3.63) is 24.3 Å². The lowest BCUT2D eigenvalue weighted by Crippen LogP contribution is -2.46. The van der Waals surface area contributed by atoms with E-state index in [1.165, 1.54) is 5.52 Å². The van der Waals surface area contributed by atoms with Crippen LogP contribution in [0.25, 0.3) is 11.0 Å². The van der Waals surface area contributed by atoms with Gasteiger partial charge in [0.15, 0.2) is 0 Å². The number of fused-ring (bicyclic) bond motifs is 1. The molecule has 1 aromatic carbocycles. The fourth-order valence-corrected chi connectivity index (χ4v) is 5.09. The number of rotatable bonds is 7. The van der Waals surface area contributed by atoms with E-state index in [9.17, 15) is 9.59 Å². The van der Waals surface area contributed by atoms with E-state index in [0.717, 1.165) is 50.4 Å². The molecule has 0 aliphatic carbocycles. The summed E-state index contributed by atoms with van der Waals surface area (Å²) in [6.07, 6.45) is 4.24. The smallest absolute Gasteiger partial charge is 0.309 e. The highest BCUT2D eigenvalue weighted by Crippen LogP contribution is 2.29. The Balaban J connectivity index is 1.36. The summed E-state index contributed by atoms with van der Waals surface area (Å²) >= 11 is 0. The average Bonchev–Trinajstić information content (AvgIpc) is 3.21. The van der Waals surface area contributed by atoms with Gasteiger partial charge in [-0.2, -0.15) is 0 Å². The van der Waals surface area contributed by atoms with Crippen LogP contribution in [-0.2, 0) is 20.9 Å². The van der Waals surface area contributed by atoms with Crippen LogP contribution < -0.4 is 4.90 Å². The number of amides is 1. The molecule has 3 heterocycles. The molecule has 0 atom stereocenters. The number of imidazole rings is 1. The number of aromatic nitrogens is 2. The highest BCUT2D eigenvalue weighted by molar-refractivity contribution is 5.81. The van der Waals surface area contributed by atoms with Crippen molar-refractivity contribution >= 4 is 28.9 Å². The van der Waals surface area contributed by atoms with Crippen LogP contribution in [-0.4, -0.2) is 59.1 Å². The van der Waals surface area contributed by atoms with E-state index in [2.05, 4.69) is 41.5 Å². The second-order valence-electron chi connectivity index (χ2n) is 9.85. The molecule has 2 aliphatic rings. The van der Waals surface area contributed by atoms with E-state index in [0.29, 0.717) is 38.5 Å². The second-order valence-corrected chi connectivity index (χ2v) is 9.85. The van der Waals surface area contributed by atoms with E-state index in [-0.39, 0.29) is 23.7 Å². The summed E-state index contributed by atoms with van der Waals surface area (Å²) in [5.41, 5.74) is 2.23. The van der Waals surface area contributed by atoms with Crippen LogP contribution >= 0.6 is 0 Å². The number of carbonyl (C=O) groups is 2. The van der Waals surface area contributed by atoms with Gasteiger partial charge in [-0.3, -0.25) is 9.59 Å². The summed E-state index contributed by atoms with van der Waals surface area (Å²) in [4.78, 5) is 34.4. The van der Waals surface area contributed by atoms with Gasteiger partial charge in [0.05, 0.1) is 23.6 Å². The van der Waals surface area contributed by atoms with Crippen LogP contribution in [0.1, 0.15) is 52.9 Å². The number of carbonyl (C=O) groups excluding carboxylic acids is 2. The number of ether oxygens (including phenoxy) is 1. The summed E-state index contributed by atoms with van der Waals surface area (Å²) < 4.78 is 7.51. The fraction of sp³-hybridized carbons (Fsp3) is 0.654. The Morgan fingerprint density at radius 1 is 1.03 bits per heavy atom. The van der Waals surface area contributed by atoms with Crippen LogP contribution in [0.4, 0.5) is 5.95 Å². The molecule has 1 amide bonds. The van der Waals surface area contributed by atoms with Crippen molar-refractivity contribution in [3.63, 3.8) is 0 Å².